The Hall–Kier alpha value is -0.510. The Balaban J connectivity index is 2.40. The van der Waals surface area contributed by atoms with Gasteiger partial charge in [0.1, 0.15) is 0 Å². The Morgan fingerprint density at radius 3 is 2.17 bits per heavy atom. The lowest BCUT2D eigenvalue weighted by Gasteiger charge is -2.47. The molecule has 23 heavy (non-hydrogen) atoms. The normalized spacial score (nSPS) is 20.5. The first-order valence-electron chi connectivity index (χ1n) is 9.15. The zero-order valence-corrected chi connectivity index (χ0v) is 16.2. The summed E-state index contributed by atoms with van der Waals surface area (Å²) in [5, 5.41) is 0. The molecule has 2 nitrogen and oxygen atoms in total. The van der Waals surface area contributed by atoms with Crippen LogP contribution >= 0.6 is 10.6 Å². The quantitative estimate of drug-likeness (QED) is 0.555. The molecule has 3 heteroatoms. The Morgan fingerprint density at radius 2 is 1.61 bits per heavy atom. The molecule has 0 saturated carbocycles. The van der Waals surface area contributed by atoms with E-state index in [1.807, 2.05) is 14.2 Å². The maximum Gasteiger partial charge on any atom is 0.0620 e. The Bertz CT molecular complexity index is 474. The summed E-state index contributed by atoms with van der Waals surface area (Å²) >= 11 is 0. The predicted octanol–water partition coefficient (Wildman–Crippen LogP) is 6.29. The second-order valence-electron chi connectivity index (χ2n) is 6.91. The van der Waals surface area contributed by atoms with Gasteiger partial charge in [-0.25, -0.2) is 0 Å². The molecule has 1 aromatic rings. The largest absolute Gasteiger partial charge is 0.283 e. The standard InChI is InChI=1S/C20H34O2S/c1-5-7-14-20(15-8-6-2)16-13-18-11-9-10-12-19(18)23(17-20,21-3)22-4/h9-12H,5-8,13-17H2,1-4H3. The Kier molecular flexibility index (Phi) is 7.00. The van der Waals surface area contributed by atoms with Crippen molar-refractivity contribution in [1.82, 2.24) is 0 Å². The molecule has 0 bridgehead atoms. The van der Waals surface area contributed by atoms with Crippen molar-refractivity contribution in [3.8, 4) is 0 Å². The highest BCUT2D eigenvalue weighted by Crippen LogP contribution is 2.64. The first kappa shape index (κ1) is 18.8. The summed E-state index contributed by atoms with van der Waals surface area (Å²) < 4.78 is 12.2. The van der Waals surface area contributed by atoms with Crippen LogP contribution in [0, 0.1) is 5.41 Å². The molecule has 0 spiro atoms. The molecule has 0 unspecified atom stereocenters. The predicted molar refractivity (Wildman–Crippen MR) is 101 cm³/mol. The van der Waals surface area contributed by atoms with Gasteiger partial charge in [-0.3, -0.25) is 8.37 Å². The van der Waals surface area contributed by atoms with Gasteiger partial charge in [-0.15, -0.1) is 0 Å². The number of hydrogen-bond acceptors (Lipinski definition) is 2. The molecular weight excluding hydrogens is 304 g/mol. The van der Waals surface area contributed by atoms with E-state index in [9.17, 15) is 0 Å². The third-order valence-electron chi connectivity index (χ3n) is 5.39. The lowest BCUT2D eigenvalue weighted by Crippen LogP contribution is -2.29. The van der Waals surface area contributed by atoms with E-state index >= 15 is 0 Å². The topological polar surface area (TPSA) is 18.5 Å². The summed E-state index contributed by atoms with van der Waals surface area (Å²) in [7, 11) is 2.04. The molecule has 0 radical (unpaired) electrons. The average Bonchev–Trinajstić information content (AvgIpc) is 2.74. The van der Waals surface area contributed by atoms with Gasteiger partial charge in [0.05, 0.1) is 19.1 Å². The van der Waals surface area contributed by atoms with Crippen LogP contribution in [-0.2, 0) is 14.8 Å². The molecule has 0 atom stereocenters. The van der Waals surface area contributed by atoms with Gasteiger partial charge in [-0.2, -0.15) is 10.6 Å². The summed E-state index contributed by atoms with van der Waals surface area (Å²) in [6.45, 7) is 4.59. The van der Waals surface area contributed by atoms with E-state index in [1.54, 1.807) is 0 Å². The van der Waals surface area contributed by atoms with Crippen molar-refractivity contribution in [2.45, 2.75) is 70.1 Å². The molecule has 1 heterocycles. The molecular formula is C20H34O2S. The van der Waals surface area contributed by atoms with Crippen LogP contribution in [0.5, 0.6) is 0 Å². The fourth-order valence-corrected chi connectivity index (χ4v) is 6.94. The van der Waals surface area contributed by atoms with E-state index < -0.39 is 10.6 Å². The van der Waals surface area contributed by atoms with Crippen molar-refractivity contribution in [3.63, 3.8) is 0 Å². The fourth-order valence-electron chi connectivity index (χ4n) is 3.95. The van der Waals surface area contributed by atoms with E-state index in [2.05, 4.69) is 38.1 Å². The maximum absolute atomic E-state index is 6.11. The van der Waals surface area contributed by atoms with Crippen LogP contribution in [0.4, 0.5) is 0 Å². The van der Waals surface area contributed by atoms with Gasteiger partial charge >= 0.3 is 0 Å². The fraction of sp³-hybridized carbons (Fsp3) is 0.700. The van der Waals surface area contributed by atoms with Crippen molar-refractivity contribution in [1.29, 1.82) is 0 Å². The van der Waals surface area contributed by atoms with Gasteiger partial charge in [-0.05, 0) is 42.7 Å². The number of fused-ring (bicyclic) bond motifs is 1. The van der Waals surface area contributed by atoms with Crippen molar-refractivity contribution >= 4 is 10.6 Å². The highest BCUT2D eigenvalue weighted by Gasteiger charge is 2.40. The highest BCUT2D eigenvalue weighted by atomic mass is 32.3. The number of hydrogen-bond donors (Lipinski definition) is 0. The van der Waals surface area contributed by atoms with E-state index in [0.29, 0.717) is 5.41 Å². The molecule has 0 N–H and O–H groups in total. The summed E-state index contributed by atoms with van der Waals surface area (Å²) in [5.74, 6) is 1.06. The summed E-state index contributed by atoms with van der Waals surface area (Å²) in [6.07, 6.45) is 10.2. The van der Waals surface area contributed by atoms with Crippen molar-refractivity contribution in [2.75, 3.05) is 20.0 Å². The van der Waals surface area contributed by atoms with Crippen LogP contribution < -0.4 is 0 Å². The molecule has 2 rings (SSSR count). The van der Waals surface area contributed by atoms with E-state index in [1.165, 1.54) is 55.4 Å². The second-order valence-corrected chi connectivity index (χ2v) is 9.53. The Labute approximate surface area is 144 Å². The van der Waals surface area contributed by atoms with Crippen LogP contribution in [-0.4, -0.2) is 20.0 Å². The van der Waals surface area contributed by atoms with Crippen LogP contribution in [0.25, 0.3) is 0 Å². The van der Waals surface area contributed by atoms with Crippen LogP contribution in [0.3, 0.4) is 0 Å². The molecule has 0 aliphatic carbocycles. The zero-order valence-electron chi connectivity index (χ0n) is 15.4. The van der Waals surface area contributed by atoms with E-state index in [4.69, 9.17) is 8.37 Å². The first-order chi connectivity index (χ1) is 11.2. The number of rotatable bonds is 8. The third kappa shape index (κ3) is 4.12. The van der Waals surface area contributed by atoms with Crippen molar-refractivity contribution in [2.24, 2.45) is 5.41 Å². The molecule has 0 amide bonds. The molecule has 132 valence electrons. The van der Waals surface area contributed by atoms with E-state index in [-0.39, 0.29) is 0 Å². The minimum atomic E-state index is -1.64. The smallest absolute Gasteiger partial charge is 0.0620 e. The van der Waals surface area contributed by atoms with Gasteiger partial charge in [0.25, 0.3) is 0 Å². The SMILES string of the molecule is CCCCC1(CCCC)CCc2ccccc2S(OC)(OC)C1. The van der Waals surface area contributed by atoms with Gasteiger partial charge in [0, 0.05) is 5.75 Å². The minimum absolute atomic E-state index is 0.367. The second kappa shape index (κ2) is 8.55. The third-order valence-corrected chi connectivity index (χ3v) is 8.53. The van der Waals surface area contributed by atoms with Gasteiger partial charge in [-0.1, -0.05) is 57.7 Å². The molecule has 0 saturated heterocycles. The van der Waals surface area contributed by atoms with Gasteiger partial charge in [0.15, 0.2) is 0 Å². The lowest BCUT2D eigenvalue weighted by molar-refractivity contribution is 0.229. The molecule has 0 aromatic heterocycles. The van der Waals surface area contributed by atoms with Gasteiger partial charge < -0.3 is 0 Å². The molecule has 1 aliphatic heterocycles. The van der Waals surface area contributed by atoms with Crippen LogP contribution in [0.2, 0.25) is 0 Å². The summed E-state index contributed by atoms with van der Waals surface area (Å²) in [5.41, 5.74) is 1.80. The van der Waals surface area contributed by atoms with Crippen molar-refractivity contribution in [3.05, 3.63) is 29.8 Å². The molecule has 0 fully saturated rings. The average molecular weight is 339 g/mol. The lowest BCUT2D eigenvalue weighted by atomic mass is 9.76. The van der Waals surface area contributed by atoms with E-state index in [0.717, 1.165) is 12.2 Å². The highest BCUT2D eigenvalue weighted by molar-refractivity contribution is 8.26. The van der Waals surface area contributed by atoms with Gasteiger partial charge in [0.2, 0.25) is 0 Å². The minimum Gasteiger partial charge on any atom is -0.283 e. The summed E-state index contributed by atoms with van der Waals surface area (Å²) in [4.78, 5) is 1.32. The first-order valence-corrected chi connectivity index (χ1v) is 10.8. The number of unbranched alkanes of at least 4 members (excludes halogenated alkanes) is 2. The number of benzene rings is 1. The van der Waals surface area contributed by atoms with Crippen LogP contribution in [0.1, 0.15) is 64.4 Å². The number of aryl methyl sites for hydroxylation is 1. The Morgan fingerprint density at radius 1 is 1.00 bits per heavy atom. The summed E-state index contributed by atoms with van der Waals surface area (Å²) in [6, 6.07) is 8.78. The zero-order chi connectivity index (χ0) is 16.8. The van der Waals surface area contributed by atoms with Crippen molar-refractivity contribution < 1.29 is 8.37 Å². The molecule has 1 aromatic carbocycles. The maximum atomic E-state index is 6.11. The van der Waals surface area contributed by atoms with Crippen LogP contribution in [0.15, 0.2) is 29.2 Å². The molecule has 1 aliphatic rings. The monoisotopic (exact) mass is 338 g/mol.